The Bertz CT molecular complexity index is 784. The Labute approximate surface area is 125 Å². The number of nitro benzene ring substituents is 1. The van der Waals surface area contributed by atoms with Gasteiger partial charge in [-0.15, -0.1) is 0 Å². The zero-order chi connectivity index (χ0) is 16.1. The van der Waals surface area contributed by atoms with Gasteiger partial charge in [-0.3, -0.25) is 10.1 Å². The molecular weight excluding hydrogens is 284 g/mol. The van der Waals surface area contributed by atoms with E-state index in [0.717, 1.165) is 0 Å². The summed E-state index contributed by atoms with van der Waals surface area (Å²) >= 11 is 0. The fourth-order valence-corrected chi connectivity index (χ4v) is 1.83. The number of nitriles is 1. The summed E-state index contributed by atoms with van der Waals surface area (Å²) in [5, 5.41) is 28.7. The van der Waals surface area contributed by atoms with Crippen LogP contribution in [-0.2, 0) is 0 Å². The van der Waals surface area contributed by atoms with E-state index in [1.165, 1.54) is 36.4 Å². The van der Waals surface area contributed by atoms with E-state index in [1.54, 1.807) is 18.2 Å². The van der Waals surface area contributed by atoms with Crippen LogP contribution in [0.1, 0.15) is 21.5 Å². The number of carboxylic acids is 1. The molecule has 2 rings (SSSR count). The number of aromatic carboxylic acids is 1. The van der Waals surface area contributed by atoms with E-state index in [2.05, 4.69) is 0 Å². The molecule has 0 unspecified atom stereocenters. The van der Waals surface area contributed by atoms with Crippen LogP contribution in [0.2, 0.25) is 0 Å². The molecule has 0 saturated carbocycles. The Morgan fingerprint density at radius 2 is 1.64 bits per heavy atom. The second-order valence-electron chi connectivity index (χ2n) is 4.40. The molecule has 0 fully saturated rings. The zero-order valence-corrected chi connectivity index (χ0v) is 11.3. The van der Waals surface area contributed by atoms with Crippen LogP contribution >= 0.6 is 0 Å². The number of allylic oxidation sites excluding steroid dienone is 1. The van der Waals surface area contributed by atoms with Gasteiger partial charge in [0.2, 0.25) is 0 Å². The minimum absolute atomic E-state index is 0.0492. The average Bonchev–Trinajstić information content (AvgIpc) is 2.53. The number of rotatable bonds is 4. The normalized spacial score (nSPS) is 10.8. The highest BCUT2D eigenvalue weighted by molar-refractivity contribution is 5.91. The minimum atomic E-state index is -1.02. The highest BCUT2D eigenvalue weighted by Gasteiger charge is 2.07. The van der Waals surface area contributed by atoms with Gasteiger partial charge < -0.3 is 5.11 Å². The Hall–Kier alpha value is -3.46. The maximum Gasteiger partial charge on any atom is 0.335 e. The van der Waals surface area contributed by atoms with Gasteiger partial charge in [-0.05, 0) is 41.5 Å². The number of carbonyl (C=O) groups is 1. The Morgan fingerprint density at radius 3 is 2.09 bits per heavy atom. The summed E-state index contributed by atoms with van der Waals surface area (Å²) in [6, 6.07) is 13.7. The van der Waals surface area contributed by atoms with Crippen LogP contribution in [0.3, 0.4) is 0 Å². The monoisotopic (exact) mass is 294 g/mol. The number of hydrogen-bond acceptors (Lipinski definition) is 4. The molecule has 22 heavy (non-hydrogen) atoms. The van der Waals surface area contributed by atoms with Crippen LogP contribution in [0, 0.1) is 21.4 Å². The van der Waals surface area contributed by atoms with Crippen molar-refractivity contribution >= 4 is 23.3 Å². The molecule has 0 spiro atoms. The lowest BCUT2D eigenvalue weighted by Crippen LogP contribution is -1.95. The van der Waals surface area contributed by atoms with Crippen LogP contribution in [0.25, 0.3) is 11.6 Å². The van der Waals surface area contributed by atoms with Crippen LogP contribution in [0.5, 0.6) is 0 Å². The molecule has 0 radical (unpaired) electrons. The first-order chi connectivity index (χ1) is 10.5. The fourth-order valence-electron chi connectivity index (χ4n) is 1.83. The third-order valence-corrected chi connectivity index (χ3v) is 2.98. The van der Waals surface area contributed by atoms with Crippen molar-refractivity contribution < 1.29 is 14.8 Å². The summed E-state index contributed by atoms with van der Waals surface area (Å²) in [5.74, 6) is -1.02. The predicted octanol–water partition coefficient (Wildman–Crippen LogP) is 3.36. The standard InChI is InChI=1S/C16H10N2O4/c17-10-14(12-5-7-15(8-6-12)18(21)22)9-11-1-3-13(4-2-11)16(19)20/h1-9H,(H,19,20)/b14-9+. The topological polar surface area (TPSA) is 104 Å². The van der Waals surface area contributed by atoms with Crippen molar-refractivity contribution in [2.45, 2.75) is 0 Å². The van der Waals surface area contributed by atoms with Crippen molar-refractivity contribution in [2.24, 2.45) is 0 Å². The molecule has 1 N–H and O–H groups in total. The Kier molecular flexibility index (Phi) is 4.30. The number of nitrogens with zero attached hydrogens (tertiary/aromatic N) is 2. The number of non-ortho nitro benzene ring substituents is 1. The maximum absolute atomic E-state index is 10.8. The molecule has 0 heterocycles. The summed E-state index contributed by atoms with van der Waals surface area (Å²) in [6.07, 6.45) is 1.59. The Balaban J connectivity index is 2.32. The van der Waals surface area contributed by atoms with Gasteiger partial charge in [-0.25, -0.2) is 4.79 Å². The first-order valence-corrected chi connectivity index (χ1v) is 6.21. The summed E-state index contributed by atoms with van der Waals surface area (Å²) in [5.41, 5.74) is 1.66. The number of hydrogen-bond donors (Lipinski definition) is 1. The number of nitro groups is 1. The van der Waals surface area contributed by atoms with Crippen LogP contribution in [-0.4, -0.2) is 16.0 Å². The second-order valence-corrected chi connectivity index (χ2v) is 4.40. The van der Waals surface area contributed by atoms with Gasteiger partial charge in [0.15, 0.2) is 0 Å². The quantitative estimate of drug-likeness (QED) is 0.403. The van der Waals surface area contributed by atoms with Gasteiger partial charge in [-0.2, -0.15) is 5.26 Å². The van der Waals surface area contributed by atoms with Crippen LogP contribution in [0.15, 0.2) is 48.5 Å². The molecule has 6 heteroatoms. The SMILES string of the molecule is N#C/C(=C\c1ccc(C(=O)O)cc1)c1ccc([N+](=O)[O-])cc1. The van der Waals surface area contributed by atoms with Crippen molar-refractivity contribution in [3.8, 4) is 6.07 Å². The van der Waals surface area contributed by atoms with E-state index < -0.39 is 10.9 Å². The van der Waals surface area contributed by atoms with E-state index in [4.69, 9.17) is 5.11 Å². The van der Waals surface area contributed by atoms with Crippen molar-refractivity contribution in [3.63, 3.8) is 0 Å². The van der Waals surface area contributed by atoms with Crippen molar-refractivity contribution in [2.75, 3.05) is 0 Å². The first kappa shape index (κ1) is 14.9. The molecule has 2 aromatic rings. The third kappa shape index (κ3) is 3.35. The van der Waals surface area contributed by atoms with Crippen LogP contribution in [0.4, 0.5) is 5.69 Å². The molecule has 0 amide bonds. The molecule has 6 nitrogen and oxygen atoms in total. The average molecular weight is 294 g/mol. The third-order valence-electron chi connectivity index (χ3n) is 2.98. The summed E-state index contributed by atoms with van der Waals surface area (Å²) in [6.45, 7) is 0. The molecule has 0 aliphatic rings. The lowest BCUT2D eigenvalue weighted by atomic mass is 10.0. The molecule has 0 saturated heterocycles. The van der Waals surface area contributed by atoms with Gasteiger partial charge in [0.05, 0.1) is 22.1 Å². The van der Waals surface area contributed by atoms with Crippen molar-refractivity contribution in [1.29, 1.82) is 5.26 Å². The minimum Gasteiger partial charge on any atom is -0.478 e. The Morgan fingerprint density at radius 1 is 1.09 bits per heavy atom. The molecule has 0 aliphatic carbocycles. The molecule has 0 aliphatic heterocycles. The van der Waals surface area contributed by atoms with E-state index >= 15 is 0 Å². The van der Waals surface area contributed by atoms with E-state index in [9.17, 15) is 20.2 Å². The van der Waals surface area contributed by atoms with E-state index in [1.807, 2.05) is 6.07 Å². The van der Waals surface area contributed by atoms with Crippen LogP contribution < -0.4 is 0 Å². The van der Waals surface area contributed by atoms with Gasteiger partial charge in [0, 0.05) is 12.1 Å². The molecule has 2 aromatic carbocycles. The maximum atomic E-state index is 10.8. The summed E-state index contributed by atoms with van der Waals surface area (Å²) in [7, 11) is 0. The van der Waals surface area contributed by atoms with Gasteiger partial charge in [0.25, 0.3) is 5.69 Å². The second kappa shape index (κ2) is 6.33. The van der Waals surface area contributed by atoms with Gasteiger partial charge in [-0.1, -0.05) is 12.1 Å². The number of benzene rings is 2. The molecule has 0 bridgehead atoms. The van der Waals surface area contributed by atoms with Crippen molar-refractivity contribution in [1.82, 2.24) is 0 Å². The number of carboxylic acid groups (broad SMARTS) is 1. The molecule has 0 aromatic heterocycles. The largest absolute Gasteiger partial charge is 0.478 e. The van der Waals surface area contributed by atoms with E-state index in [-0.39, 0.29) is 11.3 Å². The summed E-state index contributed by atoms with van der Waals surface area (Å²) < 4.78 is 0. The van der Waals surface area contributed by atoms with Gasteiger partial charge >= 0.3 is 5.97 Å². The van der Waals surface area contributed by atoms with E-state index in [0.29, 0.717) is 16.7 Å². The highest BCUT2D eigenvalue weighted by atomic mass is 16.6. The van der Waals surface area contributed by atoms with Crippen molar-refractivity contribution in [3.05, 3.63) is 75.3 Å². The summed E-state index contributed by atoms with van der Waals surface area (Å²) in [4.78, 5) is 20.9. The molecular formula is C16H10N2O4. The molecule has 108 valence electrons. The molecule has 0 atom stereocenters. The van der Waals surface area contributed by atoms with Gasteiger partial charge in [0.1, 0.15) is 0 Å². The lowest BCUT2D eigenvalue weighted by Gasteiger charge is -2.00. The predicted molar refractivity (Wildman–Crippen MR) is 80.0 cm³/mol. The first-order valence-electron chi connectivity index (χ1n) is 6.21. The highest BCUT2D eigenvalue weighted by Crippen LogP contribution is 2.21. The lowest BCUT2D eigenvalue weighted by molar-refractivity contribution is -0.384. The smallest absolute Gasteiger partial charge is 0.335 e. The fraction of sp³-hybridized carbons (Fsp3) is 0. The zero-order valence-electron chi connectivity index (χ0n) is 11.3.